The molecule has 0 atom stereocenters. The number of nitrogens with zero attached hydrogens (tertiary/aromatic N) is 6. The van der Waals surface area contributed by atoms with Crippen molar-refractivity contribution in [3.05, 3.63) is 66.0 Å². The van der Waals surface area contributed by atoms with Gasteiger partial charge in [0.15, 0.2) is 0 Å². The van der Waals surface area contributed by atoms with Gasteiger partial charge >= 0.3 is 0 Å². The zero-order chi connectivity index (χ0) is 20.3. The van der Waals surface area contributed by atoms with Gasteiger partial charge in [-0.25, -0.2) is 14.5 Å². The third-order valence-electron chi connectivity index (χ3n) is 6.28. The van der Waals surface area contributed by atoms with E-state index in [0.29, 0.717) is 5.41 Å². The smallest absolute Gasteiger partial charge is 0.222 e. The van der Waals surface area contributed by atoms with E-state index in [1.54, 1.807) is 0 Å². The number of anilines is 1. The van der Waals surface area contributed by atoms with Crippen molar-refractivity contribution in [2.45, 2.75) is 26.2 Å². The van der Waals surface area contributed by atoms with E-state index in [1.807, 2.05) is 47.2 Å². The second-order valence-corrected chi connectivity index (χ2v) is 8.75. The van der Waals surface area contributed by atoms with Crippen molar-refractivity contribution in [3.8, 4) is 11.1 Å². The Bertz CT molecular complexity index is 1310. The summed E-state index contributed by atoms with van der Waals surface area (Å²) in [4.78, 5) is 9.36. The molecule has 0 spiro atoms. The maximum Gasteiger partial charge on any atom is 0.222 e. The van der Waals surface area contributed by atoms with E-state index in [0.717, 1.165) is 52.4 Å². The lowest BCUT2D eigenvalue weighted by atomic mass is 10.0. The maximum atomic E-state index is 4.78. The highest BCUT2D eigenvalue weighted by Gasteiger charge is 2.37. The molecule has 2 aliphatic carbocycles. The molecule has 152 valence electrons. The molecule has 0 bridgehead atoms. The minimum absolute atomic E-state index is 0. The van der Waals surface area contributed by atoms with Gasteiger partial charge in [-0.15, -0.1) is 0 Å². The van der Waals surface area contributed by atoms with Crippen molar-refractivity contribution in [1.82, 2.24) is 29.4 Å². The molecule has 0 saturated heterocycles. The Morgan fingerprint density at radius 1 is 1.13 bits per heavy atom. The predicted octanol–water partition coefficient (Wildman–Crippen LogP) is 3.97. The van der Waals surface area contributed by atoms with E-state index in [-0.39, 0.29) is 1.43 Å². The first kappa shape index (κ1) is 17.4. The molecule has 4 aromatic heterocycles. The average Bonchev–Trinajstić information content (AvgIpc) is 3.12. The molecule has 0 radical (unpaired) electrons. The summed E-state index contributed by atoms with van der Waals surface area (Å²) in [6, 6.07) is 4.30. The van der Waals surface area contributed by atoms with Crippen molar-refractivity contribution < 1.29 is 1.43 Å². The Morgan fingerprint density at radius 2 is 2.03 bits per heavy atom. The van der Waals surface area contributed by atoms with Crippen LogP contribution >= 0.6 is 0 Å². The highest BCUT2D eigenvalue weighted by atomic mass is 15.2. The van der Waals surface area contributed by atoms with Crippen molar-refractivity contribution in [3.63, 3.8) is 0 Å². The van der Waals surface area contributed by atoms with Gasteiger partial charge in [0.2, 0.25) is 5.95 Å². The number of hydrogen-bond acceptors (Lipinski definition) is 5. The topological polar surface area (TPSA) is 72.9 Å². The molecule has 0 unspecified atom stereocenters. The first-order chi connectivity index (χ1) is 14.6. The fourth-order valence-corrected chi connectivity index (χ4v) is 4.08. The van der Waals surface area contributed by atoms with Gasteiger partial charge in [-0.2, -0.15) is 10.2 Å². The molecule has 1 saturated carbocycles. The van der Waals surface area contributed by atoms with Crippen molar-refractivity contribution >= 4 is 17.0 Å². The minimum Gasteiger partial charge on any atom is -0.354 e. The second kappa shape index (κ2) is 6.26. The van der Waals surface area contributed by atoms with Crippen LogP contribution in [0.3, 0.4) is 0 Å². The van der Waals surface area contributed by atoms with Crippen LogP contribution in [-0.2, 0) is 13.5 Å². The van der Waals surface area contributed by atoms with E-state index in [4.69, 9.17) is 4.98 Å². The monoisotopic (exact) mass is 399 g/mol. The zero-order valence-electron chi connectivity index (χ0n) is 17.1. The van der Waals surface area contributed by atoms with E-state index in [2.05, 4.69) is 45.6 Å². The molecular formula is C23H25N7. The van der Waals surface area contributed by atoms with Crippen LogP contribution in [0.1, 0.15) is 38.0 Å². The molecule has 4 aromatic rings. The molecule has 0 aromatic carbocycles. The van der Waals surface area contributed by atoms with Gasteiger partial charge in [0.1, 0.15) is 0 Å². The van der Waals surface area contributed by atoms with Gasteiger partial charge in [0.25, 0.3) is 0 Å². The Balaban J connectivity index is 0.00000204. The normalized spacial score (nSPS) is 16.5. The Kier molecular flexibility index (Phi) is 3.63. The number of pyridine rings is 1. The summed E-state index contributed by atoms with van der Waals surface area (Å²) < 4.78 is 3.72. The van der Waals surface area contributed by atoms with E-state index >= 15 is 0 Å². The molecule has 0 amide bonds. The van der Waals surface area contributed by atoms with E-state index in [1.165, 1.54) is 18.4 Å². The summed E-state index contributed by atoms with van der Waals surface area (Å²) in [5, 5.41) is 12.2. The molecule has 4 heterocycles. The highest BCUT2D eigenvalue weighted by Crippen LogP contribution is 2.44. The number of aryl methyl sites for hydroxylation is 1. The SMILES string of the molecule is Cn1cc(-c2cnn3ccc(C4=CCc5nc(NCC6(C)CC6)ncc54)cc23)cn1.[HH]. The fraction of sp³-hybridized carbons (Fsp3) is 0.304. The molecule has 7 nitrogen and oxygen atoms in total. The number of nitrogens with one attached hydrogen (secondary N) is 1. The standard InChI is InChI=1S/C23H23N7.H2/c1-23(6-7-23)14-25-22-24-11-19-17(3-4-20(19)28-22)15-5-8-30-21(9-15)18(12-27-30)16-10-26-29(2)13-16;/h3,5,8-13H,4,6-7,14H2,1-2H3,(H,24,25,28);1H. The van der Waals surface area contributed by atoms with Crippen LogP contribution < -0.4 is 5.32 Å². The first-order valence-electron chi connectivity index (χ1n) is 10.4. The summed E-state index contributed by atoms with van der Waals surface area (Å²) >= 11 is 0. The third kappa shape index (κ3) is 2.89. The average molecular weight is 400 g/mol. The van der Waals surface area contributed by atoms with Gasteiger partial charge in [0, 0.05) is 56.7 Å². The highest BCUT2D eigenvalue weighted by molar-refractivity contribution is 5.88. The van der Waals surface area contributed by atoms with Gasteiger partial charge < -0.3 is 5.32 Å². The number of rotatable bonds is 5. The Hall–Kier alpha value is -3.48. The van der Waals surface area contributed by atoms with Gasteiger partial charge in [-0.05, 0) is 41.5 Å². The molecule has 0 aliphatic heterocycles. The minimum atomic E-state index is 0. The predicted molar refractivity (Wildman–Crippen MR) is 118 cm³/mol. The maximum absolute atomic E-state index is 4.78. The molecule has 1 fully saturated rings. The molecule has 1 N–H and O–H groups in total. The van der Waals surface area contributed by atoms with Crippen LogP contribution in [0.4, 0.5) is 5.95 Å². The van der Waals surface area contributed by atoms with Crippen molar-refractivity contribution in [2.75, 3.05) is 11.9 Å². The van der Waals surface area contributed by atoms with Crippen LogP contribution in [0.2, 0.25) is 0 Å². The summed E-state index contributed by atoms with van der Waals surface area (Å²) in [5.41, 5.74) is 8.18. The Morgan fingerprint density at radius 3 is 2.83 bits per heavy atom. The lowest BCUT2D eigenvalue weighted by molar-refractivity contribution is 0.607. The lowest BCUT2D eigenvalue weighted by Crippen LogP contribution is -2.14. The summed E-state index contributed by atoms with van der Waals surface area (Å²) in [5.74, 6) is 0.738. The van der Waals surface area contributed by atoms with Crippen LogP contribution in [0.15, 0.2) is 49.2 Å². The second-order valence-electron chi connectivity index (χ2n) is 8.75. The van der Waals surface area contributed by atoms with Crippen LogP contribution in [0, 0.1) is 5.41 Å². The molecule has 7 heteroatoms. The largest absolute Gasteiger partial charge is 0.354 e. The van der Waals surface area contributed by atoms with Crippen molar-refractivity contribution in [1.29, 1.82) is 0 Å². The van der Waals surface area contributed by atoms with Gasteiger partial charge in [0.05, 0.1) is 23.6 Å². The summed E-state index contributed by atoms with van der Waals surface area (Å²) in [7, 11) is 1.93. The van der Waals surface area contributed by atoms with E-state index in [9.17, 15) is 0 Å². The molecule has 6 rings (SSSR count). The number of fused-ring (bicyclic) bond motifs is 2. The van der Waals surface area contributed by atoms with Crippen LogP contribution in [0.5, 0.6) is 0 Å². The van der Waals surface area contributed by atoms with Gasteiger partial charge in [-0.1, -0.05) is 13.0 Å². The number of aromatic nitrogens is 6. The summed E-state index contributed by atoms with van der Waals surface area (Å²) in [6.07, 6.45) is 15.4. The molecule has 2 aliphatic rings. The third-order valence-corrected chi connectivity index (χ3v) is 6.28. The van der Waals surface area contributed by atoms with Crippen LogP contribution in [0.25, 0.3) is 22.2 Å². The Labute approximate surface area is 176 Å². The fourth-order valence-electron chi connectivity index (χ4n) is 4.08. The first-order valence-corrected chi connectivity index (χ1v) is 10.4. The number of hydrogen-bond donors (Lipinski definition) is 1. The van der Waals surface area contributed by atoms with Crippen LogP contribution in [-0.4, -0.2) is 35.9 Å². The molecule has 30 heavy (non-hydrogen) atoms. The quantitative estimate of drug-likeness (QED) is 0.550. The van der Waals surface area contributed by atoms with Crippen molar-refractivity contribution in [2.24, 2.45) is 12.5 Å². The summed E-state index contributed by atoms with van der Waals surface area (Å²) in [6.45, 7) is 3.25. The molecular weight excluding hydrogens is 374 g/mol. The zero-order valence-corrected chi connectivity index (χ0v) is 17.1. The lowest BCUT2D eigenvalue weighted by Gasteiger charge is -2.11. The van der Waals surface area contributed by atoms with E-state index < -0.39 is 0 Å². The van der Waals surface area contributed by atoms with Gasteiger partial charge in [-0.3, -0.25) is 4.68 Å². The number of allylic oxidation sites excluding steroid dienone is 1.